The molecular formula is C9H13N5O. The monoisotopic (exact) mass is 207 g/mol. The molecule has 1 unspecified atom stereocenters. The summed E-state index contributed by atoms with van der Waals surface area (Å²) >= 11 is 0. The van der Waals surface area contributed by atoms with Crippen LogP contribution < -0.4 is 16.3 Å². The fourth-order valence-electron chi connectivity index (χ4n) is 1.56. The first kappa shape index (κ1) is 9.85. The Morgan fingerprint density at radius 3 is 2.87 bits per heavy atom. The molecule has 0 fully saturated rings. The maximum Gasteiger partial charge on any atom is 0.252 e. The van der Waals surface area contributed by atoms with E-state index in [4.69, 9.17) is 5.73 Å². The van der Waals surface area contributed by atoms with E-state index in [0.29, 0.717) is 18.1 Å². The van der Waals surface area contributed by atoms with Gasteiger partial charge in [-0.1, -0.05) is 0 Å². The summed E-state index contributed by atoms with van der Waals surface area (Å²) in [6.45, 7) is 3.66. The Balaban J connectivity index is 2.41. The van der Waals surface area contributed by atoms with Crippen molar-refractivity contribution in [1.82, 2.24) is 9.97 Å². The molecule has 0 amide bonds. The van der Waals surface area contributed by atoms with Crippen molar-refractivity contribution in [2.24, 2.45) is 10.8 Å². The highest BCUT2D eigenvalue weighted by molar-refractivity contribution is 5.85. The highest BCUT2D eigenvalue weighted by Crippen LogP contribution is 2.16. The standard InChI is InChI=1S/C9H13N5O/c1-5-4-8(15)12-9(11-5)14-7(10)3-6(2)13-14/h4,7H,3,10H2,1-2H3,(H,11,12,15). The molecule has 1 aromatic rings. The molecule has 0 saturated carbocycles. The number of aromatic amines is 1. The third-order valence-electron chi connectivity index (χ3n) is 2.17. The number of nitrogens with two attached hydrogens (primary N) is 1. The van der Waals surface area contributed by atoms with Crippen molar-refractivity contribution >= 4 is 11.7 Å². The molecule has 15 heavy (non-hydrogen) atoms. The van der Waals surface area contributed by atoms with Crippen LogP contribution in [0.1, 0.15) is 19.0 Å². The second kappa shape index (κ2) is 3.47. The van der Waals surface area contributed by atoms with Gasteiger partial charge in [0.2, 0.25) is 5.95 Å². The Hall–Kier alpha value is -1.69. The van der Waals surface area contributed by atoms with Gasteiger partial charge >= 0.3 is 0 Å². The number of hydrogen-bond donors (Lipinski definition) is 2. The SMILES string of the molecule is CC1=NN(c2nc(C)cc(=O)[nH]2)C(N)C1. The smallest absolute Gasteiger partial charge is 0.252 e. The van der Waals surface area contributed by atoms with Gasteiger partial charge in [0.05, 0.1) is 0 Å². The third kappa shape index (κ3) is 1.89. The van der Waals surface area contributed by atoms with Crippen LogP contribution in [0.2, 0.25) is 0 Å². The van der Waals surface area contributed by atoms with Gasteiger partial charge < -0.3 is 5.73 Å². The van der Waals surface area contributed by atoms with E-state index in [9.17, 15) is 4.79 Å². The minimum Gasteiger partial charge on any atom is -0.309 e. The number of nitrogens with zero attached hydrogens (tertiary/aromatic N) is 3. The van der Waals surface area contributed by atoms with Crippen molar-refractivity contribution in [3.8, 4) is 0 Å². The minimum absolute atomic E-state index is 0.190. The normalized spacial score (nSPS) is 20.6. The van der Waals surface area contributed by atoms with Gasteiger partial charge in [-0.2, -0.15) is 5.10 Å². The number of aryl methyl sites for hydroxylation is 1. The molecule has 1 aliphatic rings. The van der Waals surface area contributed by atoms with E-state index >= 15 is 0 Å². The fraction of sp³-hybridized carbons (Fsp3) is 0.444. The van der Waals surface area contributed by atoms with Gasteiger partial charge in [-0.05, 0) is 13.8 Å². The lowest BCUT2D eigenvalue weighted by Gasteiger charge is -2.17. The van der Waals surface area contributed by atoms with Gasteiger partial charge in [0.15, 0.2) is 0 Å². The van der Waals surface area contributed by atoms with E-state index in [1.807, 2.05) is 6.92 Å². The zero-order valence-electron chi connectivity index (χ0n) is 8.69. The van der Waals surface area contributed by atoms with Crippen LogP contribution >= 0.6 is 0 Å². The minimum atomic E-state index is -0.241. The highest BCUT2D eigenvalue weighted by atomic mass is 16.1. The molecule has 0 saturated heterocycles. The molecule has 3 N–H and O–H groups in total. The van der Waals surface area contributed by atoms with Crippen molar-refractivity contribution in [1.29, 1.82) is 0 Å². The zero-order chi connectivity index (χ0) is 11.0. The molecule has 1 aromatic heterocycles. The topological polar surface area (TPSA) is 87.4 Å². The third-order valence-corrected chi connectivity index (χ3v) is 2.17. The lowest BCUT2D eigenvalue weighted by molar-refractivity contribution is 0.669. The number of hydrazone groups is 1. The van der Waals surface area contributed by atoms with E-state index < -0.39 is 0 Å². The summed E-state index contributed by atoms with van der Waals surface area (Å²) in [6, 6.07) is 1.43. The first-order valence-corrected chi connectivity index (χ1v) is 4.73. The Kier molecular flexibility index (Phi) is 2.28. The van der Waals surface area contributed by atoms with E-state index in [1.54, 1.807) is 11.9 Å². The van der Waals surface area contributed by atoms with Crippen LogP contribution in [-0.2, 0) is 0 Å². The maximum atomic E-state index is 11.2. The zero-order valence-corrected chi connectivity index (χ0v) is 8.69. The number of aromatic nitrogens is 2. The second-order valence-electron chi connectivity index (χ2n) is 3.66. The largest absolute Gasteiger partial charge is 0.309 e. The molecule has 2 heterocycles. The summed E-state index contributed by atoms with van der Waals surface area (Å²) in [6.07, 6.45) is 0.451. The van der Waals surface area contributed by atoms with E-state index in [1.165, 1.54) is 6.07 Å². The van der Waals surface area contributed by atoms with Crippen LogP contribution in [0.15, 0.2) is 16.0 Å². The van der Waals surface area contributed by atoms with Crippen molar-refractivity contribution in [3.63, 3.8) is 0 Å². The number of nitrogens with one attached hydrogen (secondary N) is 1. The summed E-state index contributed by atoms with van der Waals surface area (Å²) in [5.41, 5.74) is 7.25. The molecule has 0 radical (unpaired) electrons. The van der Waals surface area contributed by atoms with Crippen LogP contribution in [-0.4, -0.2) is 21.8 Å². The van der Waals surface area contributed by atoms with Gasteiger partial charge in [-0.3, -0.25) is 9.78 Å². The average Bonchev–Trinajstić information content (AvgIpc) is 2.43. The number of anilines is 1. The molecule has 80 valence electrons. The summed E-state index contributed by atoms with van der Waals surface area (Å²) in [7, 11) is 0. The molecule has 6 heteroatoms. The predicted molar refractivity (Wildman–Crippen MR) is 57.8 cm³/mol. The molecule has 0 bridgehead atoms. The lowest BCUT2D eigenvalue weighted by atomic mass is 10.3. The molecule has 0 aromatic carbocycles. The predicted octanol–water partition coefficient (Wildman–Crippen LogP) is -0.0509. The number of hydrogen-bond acceptors (Lipinski definition) is 5. The van der Waals surface area contributed by atoms with E-state index in [2.05, 4.69) is 15.1 Å². The van der Waals surface area contributed by atoms with Crippen molar-refractivity contribution in [3.05, 3.63) is 22.1 Å². The van der Waals surface area contributed by atoms with Crippen molar-refractivity contribution in [2.75, 3.05) is 5.01 Å². The molecule has 0 aliphatic carbocycles. The molecule has 0 spiro atoms. The summed E-state index contributed by atoms with van der Waals surface area (Å²) in [5, 5.41) is 5.76. The van der Waals surface area contributed by atoms with Gasteiger partial charge in [0.25, 0.3) is 5.56 Å². The maximum absolute atomic E-state index is 11.2. The number of H-pyrrole nitrogens is 1. The fourth-order valence-corrected chi connectivity index (χ4v) is 1.56. The van der Waals surface area contributed by atoms with E-state index in [0.717, 1.165) is 5.71 Å². The van der Waals surface area contributed by atoms with Crippen molar-refractivity contribution in [2.45, 2.75) is 26.4 Å². The second-order valence-corrected chi connectivity index (χ2v) is 3.66. The summed E-state index contributed by atoms with van der Waals surface area (Å²) in [5.74, 6) is 0.407. The average molecular weight is 207 g/mol. The van der Waals surface area contributed by atoms with Gasteiger partial charge in [0, 0.05) is 23.9 Å². The Labute approximate surface area is 86.8 Å². The van der Waals surface area contributed by atoms with Crippen LogP contribution in [0.25, 0.3) is 0 Å². The van der Waals surface area contributed by atoms with Crippen LogP contribution in [0.5, 0.6) is 0 Å². The van der Waals surface area contributed by atoms with E-state index in [-0.39, 0.29) is 11.7 Å². The molecule has 1 atom stereocenters. The molecular weight excluding hydrogens is 194 g/mol. The highest BCUT2D eigenvalue weighted by Gasteiger charge is 2.23. The first-order valence-electron chi connectivity index (χ1n) is 4.73. The van der Waals surface area contributed by atoms with Crippen LogP contribution in [0.3, 0.4) is 0 Å². The van der Waals surface area contributed by atoms with Crippen LogP contribution in [0, 0.1) is 6.92 Å². The molecule has 2 rings (SSSR count). The quantitative estimate of drug-likeness (QED) is 0.675. The van der Waals surface area contributed by atoms with Crippen molar-refractivity contribution < 1.29 is 0 Å². The summed E-state index contributed by atoms with van der Waals surface area (Å²) < 4.78 is 0. The van der Waals surface area contributed by atoms with Gasteiger partial charge in [-0.25, -0.2) is 9.99 Å². The Bertz CT molecular complexity index is 464. The van der Waals surface area contributed by atoms with Crippen LogP contribution in [0.4, 0.5) is 5.95 Å². The van der Waals surface area contributed by atoms with Gasteiger partial charge in [0.1, 0.15) is 6.17 Å². The Morgan fingerprint density at radius 1 is 1.60 bits per heavy atom. The Morgan fingerprint density at radius 2 is 2.33 bits per heavy atom. The lowest BCUT2D eigenvalue weighted by Crippen LogP contribution is -2.36. The molecule has 1 aliphatic heterocycles. The summed E-state index contributed by atoms with van der Waals surface area (Å²) in [4.78, 5) is 18.0. The van der Waals surface area contributed by atoms with Gasteiger partial charge in [-0.15, -0.1) is 0 Å². The molecule has 6 nitrogen and oxygen atoms in total. The first-order chi connectivity index (χ1) is 7.06. The number of rotatable bonds is 1.